The number of hydrogen-bond acceptors (Lipinski definition) is 5. The quantitative estimate of drug-likeness (QED) is 0.380. The van der Waals surface area contributed by atoms with Gasteiger partial charge in [-0.2, -0.15) is 0 Å². The average molecular weight is 488 g/mol. The smallest absolute Gasteiger partial charge is 0.255 e. The van der Waals surface area contributed by atoms with Gasteiger partial charge in [-0.1, -0.05) is 24.1 Å². The molecule has 0 atom stereocenters. The number of carbonyl (C=O) groups is 1. The van der Waals surface area contributed by atoms with Gasteiger partial charge in [0.1, 0.15) is 5.69 Å². The van der Waals surface area contributed by atoms with Crippen molar-refractivity contribution in [2.75, 3.05) is 11.9 Å². The fraction of sp³-hybridized carbons (Fsp3) is 0.0769. The summed E-state index contributed by atoms with van der Waals surface area (Å²) in [4.78, 5) is 18.0. The van der Waals surface area contributed by atoms with E-state index in [4.69, 9.17) is 0 Å². The molecule has 170 valence electrons. The van der Waals surface area contributed by atoms with Gasteiger partial charge in [-0.3, -0.25) is 4.79 Å². The number of amides is 1. The van der Waals surface area contributed by atoms with Gasteiger partial charge in [-0.25, -0.2) is 18.1 Å². The Labute approximate surface area is 202 Å². The number of carbonyl (C=O) groups excluding carboxylic acids is 1. The monoisotopic (exact) mass is 487 g/mol. The lowest BCUT2D eigenvalue weighted by atomic mass is 10.1. The Morgan fingerprint density at radius 2 is 1.79 bits per heavy atom. The van der Waals surface area contributed by atoms with Crippen LogP contribution in [-0.4, -0.2) is 25.9 Å². The van der Waals surface area contributed by atoms with E-state index in [9.17, 15) is 13.2 Å². The van der Waals surface area contributed by atoms with Gasteiger partial charge in [0.05, 0.1) is 4.90 Å². The normalized spacial score (nSPS) is 10.8. The van der Waals surface area contributed by atoms with E-state index in [1.165, 1.54) is 24.3 Å². The highest BCUT2D eigenvalue weighted by molar-refractivity contribution is 7.89. The molecule has 0 aliphatic rings. The molecule has 0 aliphatic carbocycles. The fourth-order valence-electron chi connectivity index (χ4n) is 3.08. The van der Waals surface area contributed by atoms with E-state index in [-0.39, 0.29) is 10.8 Å². The molecule has 6 nitrogen and oxygen atoms in total. The molecule has 4 rings (SSSR count). The lowest BCUT2D eigenvalue weighted by Gasteiger charge is -2.08. The molecule has 0 fully saturated rings. The molecule has 2 N–H and O–H groups in total. The lowest BCUT2D eigenvalue weighted by Crippen LogP contribution is -2.26. The van der Waals surface area contributed by atoms with Gasteiger partial charge < -0.3 is 5.32 Å². The minimum absolute atomic E-state index is 0.113. The average Bonchev–Trinajstić information content (AvgIpc) is 3.37. The third-order valence-corrected chi connectivity index (χ3v) is 7.20. The molecule has 0 spiro atoms. The maximum Gasteiger partial charge on any atom is 0.255 e. The highest BCUT2D eigenvalue weighted by atomic mass is 32.2. The first kappa shape index (κ1) is 23.4. The van der Waals surface area contributed by atoms with Crippen molar-refractivity contribution in [3.05, 3.63) is 112 Å². The van der Waals surface area contributed by atoms with Crippen molar-refractivity contribution in [2.45, 2.75) is 11.3 Å². The molecule has 0 radical (unpaired) electrons. The van der Waals surface area contributed by atoms with E-state index in [0.717, 1.165) is 10.4 Å². The van der Waals surface area contributed by atoms with Crippen molar-refractivity contribution in [3.8, 4) is 11.8 Å². The van der Waals surface area contributed by atoms with Crippen molar-refractivity contribution in [2.24, 2.45) is 0 Å². The molecule has 1 amide bonds. The van der Waals surface area contributed by atoms with Crippen LogP contribution in [0.5, 0.6) is 0 Å². The summed E-state index contributed by atoms with van der Waals surface area (Å²) in [5.74, 6) is 5.66. The molecule has 2 aromatic heterocycles. The van der Waals surface area contributed by atoms with Gasteiger partial charge in [0.25, 0.3) is 5.91 Å². The number of sulfonamides is 1. The number of thiophene rings is 1. The van der Waals surface area contributed by atoms with Crippen LogP contribution in [0.15, 0.2) is 95.3 Å². The number of nitrogens with zero attached hydrogens (tertiary/aromatic N) is 1. The molecule has 2 aromatic carbocycles. The number of hydrogen-bond donors (Lipinski definition) is 2. The maximum absolute atomic E-state index is 12.6. The van der Waals surface area contributed by atoms with Crippen molar-refractivity contribution >= 4 is 33.0 Å². The molecule has 4 aromatic rings. The van der Waals surface area contributed by atoms with Crippen LogP contribution in [0.25, 0.3) is 0 Å². The highest BCUT2D eigenvalue weighted by Gasteiger charge is 2.15. The molecule has 2 heterocycles. The molecule has 0 saturated heterocycles. The van der Waals surface area contributed by atoms with Gasteiger partial charge in [-0.05, 0) is 78.4 Å². The molecule has 0 saturated carbocycles. The van der Waals surface area contributed by atoms with Crippen LogP contribution in [0, 0.1) is 11.8 Å². The SMILES string of the molecule is O=C(Nc1cccc(C#Cc2ccccn2)c1)c1ccc(S(=O)(=O)NCCc2cccs2)cc1. The van der Waals surface area contributed by atoms with Crippen LogP contribution in [-0.2, 0) is 16.4 Å². The third-order valence-electron chi connectivity index (χ3n) is 4.79. The molecule has 8 heteroatoms. The minimum atomic E-state index is -3.65. The Bertz CT molecular complexity index is 1420. The topological polar surface area (TPSA) is 88.2 Å². The summed E-state index contributed by atoms with van der Waals surface area (Å²) in [6.07, 6.45) is 2.31. The lowest BCUT2D eigenvalue weighted by molar-refractivity contribution is 0.102. The Morgan fingerprint density at radius 1 is 0.941 bits per heavy atom. The molecular weight excluding hydrogens is 466 g/mol. The minimum Gasteiger partial charge on any atom is -0.322 e. The fourth-order valence-corrected chi connectivity index (χ4v) is 4.82. The van der Waals surface area contributed by atoms with Gasteiger partial charge in [0.2, 0.25) is 10.0 Å². The van der Waals surface area contributed by atoms with Gasteiger partial charge in [0.15, 0.2) is 0 Å². The summed E-state index contributed by atoms with van der Waals surface area (Å²) >= 11 is 1.59. The van der Waals surface area contributed by atoms with Gasteiger partial charge in [-0.15, -0.1) is 11.3 Å². The first-order valence-electron chi connectivity index (χ1n) is 10.5. The second-order valence-corrected chi connectivity index (χ2v) is 10.1. The second kappa shape index (κ2) is 10.9. The summed E-state index contributed by atoms with van der Waals surface area (Å²) in [5.41, 5.74) is 2.33. The molecule has 0 bridgehead atoms. The van der Waals surface area contributed by atoms with Gasteiger partial charge >= 0.3 is 0 Å². The largest absolute Gasteiger partial charge is 0.322 e. The Balaban J connectivity index is 1.38. The first-order valence-corrected chi connectivity index (χ1v) is 12.8. The van der Waals surface area contributed by atoms with Crippen molar-refractivity contribution in [1.82, 2.24) is 9.71 Å². The van der Waals surface area contributed by atoms with E-state index in [1.54, 1.807) is 35.7 Å². The van der Waals surface area contributed by atoms with Crippen LogP contribution < -0.4 is 10.0 Å². The van der Waals surface area contributed by atoms with Crippen molar-refractivity contribution in [3.63, 3.8) is 0 Å². The zero-order chi connectivity index (χ0) is 23.8. The summed E-state index contributed by atoms with van der Waals surface area (Å²) in [6.45, 7) is 0.310. The van der Waals surface area contributed by atoms with Crippen molar-refractivity contribution < 1.29 is 13.2 Å². The Morgan fingerprint density at radius 3 is 2.53 bits per heavy atom. The zero-order valence-electron chi connectivity index (χ0n) is 18.1. The molecule has 0 aliphatic heterocycles. The number of aromatic nitrogens is 1. The van der Waals surface area contributed by atoms with E-state index >= 15 is 0 Å². The van der Waals surface area contributed by atoms with E-state index in [0.29, 0.717) is 29.9 Å². The van der Waals surface area contributed by atoms with Gasteiger partial charge in [0, 0.05) is 34.4 Å². The number of nitrogens with one attached hydrogen (secondary N) is 2. The Kier molecular flexibility index (Phi) is 7.50. The van der Waals surface area contributed by atoms with Crippen LogP contribution in [0.1, 0.15) is 26.5 Å². The third kappa shape index (κ3) is 6.39. The standard InChI is InChI=1S/C26H21N3O3S2/c30-26(29-23-7-3-5-20(19-23)9-12-22-6-1-2-16-27-22)21-10-13-25(14-11-21)34(31,32)28-17-15-24-8-4-18-33-24/h1-8,10-11,13-14,16,18-19,28H,15,17H2,(H,29,30). The Hall–Kier alpha value is -3.77. The number of benzene rings is 2. The maximum atomic E-state index is 12.6. The van der Waals surface area contributed by atoms with Crippen molar-refractivity contribution in [1.29, 1.82) is 0 Å². The number of rotatable bonds is 7. The predicted molar refractivity (Wildman–Crippen MR) is 134 cm³/mol. The summed E-state index contributed by atoms with van der Waals surface area (Å²) in [5, 5.41) is 4.78. The van der Waals surface area contributed by atoms with E-state index < -0.39 is 10.0 Å². The predicted octanol–water partition coefficient (Wildman–Crippen LogP) is 4.32. The van der Waals surface area contributed by atoms with E-state index in [2.05, 4.69) is 26.9 Å². The molecule has 34 heavy (non-hydrogen) atoms. The first-order chi connectivity index (χ1) is 16.5. The van der Waals surface area contributed by atoms with Crippen LogP contribution in [0.4, 0.5) is 5.69 Å². The summed E-state index contributed by atoms with van der Waals surface area (Å²) in [7, 11) is -3.65. The van der Waals surface area contributed by atoms with Crippen LogP contribution in [0.3, 0.4) is 0 Å². The second-order valence-electron chi connectivity index (χ2n) is 7.25. The van der Waals surface area contributed by atoms with Crippen LogP contribution in [0.2, 0.25) is 0 Å². The summed E-state index contributed by atoms with van der Waals surface area (Å²) < 4.78 is 27.6. The molecular formula is C26H21N3O3S2. The summed E-state index contributed by atoms with van der Waals surface area (Å²) in [6, 6.07) is 22.4. The number of pyridine rings is 1. The molecule has 0 unspecified atom stereocenters. The zero-order valence-corrected chi connectivity index (χ0v) is 19.7. The highest BCUT2D eigenvalue weighted by Crippen LogP contribution is 2.15. The van der Waals surface area contributed by atoms with Crippen LogP contribution >= 0.6 is 11.3 Å². The number of anilines is 1. The van der Waals surface area contributed by atoms with E-state index in [1.807, 2.05) is 41.8 Å².